The van der Waals surface area contributed by atoms with Crippen molar-refractivity contribution in [3.05, 3.63) is 50.9 Å². The molecule has 23 heavy (non-hydrogen) atoms. The van der Waals surface area contributed by atoms with Crippen LogP contribution in [0.2, 0.25) is 0 Å². The van der Waals surface area contributed by atoms with Gasteiger partial charge in [-0.25, -0.2) is 14.0 Å². The standard InChI is InChI=1S/C16H12F2O5/c1-6-4-11(19)21-13-9(6)5-10(17)14(12(13)18)22-16-8(3)7(2)15(20)23-16/h4-5,16H,1-3H3/t16-/m1/s1. The Kier molecular flexibility index (Phi) is 3.43. The third kappa shape index (κ3) is 2.38. The number of benzene rings is 1. The summed E-state index contributed by atoms with van der Waals surface area (Å²) >= 11 is 0. The lowest BCUT2D eigenvalue weighted by Crippen LogP contribution is -2.20. The minimum absolute atomic E-state index is 0.124. The Bertz CT molecular complexity index is 926. The highest BCUT2D eigenvalue weighted by Gasteiger charge is 2.32. The van der Waals surface area contributed by atoms with Crippen LogP contribution in [0.4, 0.5) is 8.78 Å². The van der Waals surface area contributed by atoms with E-state index in [1.54, 1.807) is 6.92 Å². The minimum atomic E-state index is -1.22. The van der Waals surface area contributed by atoms with Crippen molar-refractivity contribution in [2.75, 3.05) is 0 Å². The Hall–Kier alpha value is -2.70. The Morgan fingerprint density at radius 2 is 1.83 bits per heavy atom. The van der Waals surface area contributed by atoms with Gasteiger partial charge >= 0.3 is 11.6 Å². The lowest BCUT2D eigenvalue weighted by molar-refractivity contribution is -0.149. The molecule has 0 saturated heterocycles. The molecule has 1 aromatic heterocycles. The Labute approximate surface area is 129 Å². The number of carbonyl (C=O) groups is 1. The summed E-state index contributed by atoms with van der Waals surface area (Å²) in [4.78, 5) is 22.8. The molecule has 0 amide bonds. The van der Waals surface area contributed by atoms with Crippen LogP contribution in [0.25, 0.3) is 11.0 Å². The van der Waals surface area contributed by atoms with Crippen LogP contribution in [0, 0.1) is 18.6 Å². The number of halogens is 2. The molecule has 2 aromatic rings. The monoisotopic (exact) mass is 322 g/mol. The van der Waals surface area contributed by atoms with E-state index in [-0.39, 0.29) is 5.39 Å². The van der Waals surface area contributed by atoms with Gasteiger partial charge in [0, 0.05) is 22.6 Å². The molecule has 1 aliphatic heterocycles. The maximum absolute atomic E-state index is 14.5. The van der Waals surface area contributed by atoms with Crippen LogP contribution in [0.5, 0.6) is 5.75 Å². The van der Waals surface area contributed by atoms with E-state index in [0.29, 0.717) is 16.7 Å². The molecule has 7 heteroatoms. The molecule has 3 rings (SSSR count). The zero-order valence-electron chi connectivity index (χ0n) is 12.5. The number of cyclic esters (lactones) is 1. The SMILES string of the molecule is CC1=C(C)[C@H](Oc2c(F)cc3c(C)cc(=O)oc3c2F)OC1=O. The van der Waals surface area contributed by atoms with Gasteiger partial charge in [0.1, 0.15) is 0 Å². The summed E-state index contributed by atoms with van der Waals surface area (Å²) in [5, 5.41) is 0.124. The van der Waals surface area contributed by atoms with E-state index >= 15 is 0 Å². The van der Waals surface area contributed by atoms with Gasteiger partial charge < -0.3 is 13.9 Å². The lowest BCUT2D eigenvalue weighted by atomic mass is 10.1. The van der Waals surface area contributed by atoms with Gasteiger partial charge in [0.15, 0.2) is 17.1 Å². The van der Waals surface area contributed by atoms with Crippen molar-refractivity contribution in [1.82, 2.24) is 0 Å². The first-order valence-electron chi connectivity index (χ1n) is 6.77. The van der Waals surface area contributed by atoms with Crippen LogP contribution >= 0.6 is 0 Å². The fourth-order valence-electron chi connectivity index (χ4n) is 2.30. The molecule has 0 N–H and O–H groups in total. The van der Waals surface area contributed by atoms with Crippen molar-refractivity contribution >= 4 is 16.9 Å². The summed E-state index contributed by atoms with van der Waals surface area (Å²) in [5.74, 6) is -3.52. The number of hydrogen-bond donors (Lipinski definition) is 0. The minimum Gasteiger partial charge on any atom is -0.444 e. The summed E-state index contributed by atoms with van der Waals surface area (Å²) < 4.78 is 43.6. The summed E-state index contributed by atoms with van der Waals surface area (Å²) in [7, 11) is 0. The zero-order valence-corrected chi connectivity index (χ0v) is 12.5. The number of carbonyl (C=O) groups excluding carboxylic acids is 1. The number of hydrogen-bond acceptors (Lipinski definition) is 5. The van der Waals surface area contributed by atoms with Crippen molar-refractivity contribution < 1.29 is 27.5 Å². The molecule has 0 bridgehead atoms. The van der Waals surface area contributed by atoms with E-state index in [4.69, 9.17) is 13.9 Å². The summed E-state index contributed by atoms with van der Waals surface area (Å²) in [6.45, 7) is 4.62. The van der Waals surface area contributed by atoms with Gasteiger partial charge in [-0.2, -0.15) is 4.39 Å². The van der Waals surface area contributed by atoms with Crippen molar-refractivity contribution in [2.45, 2.75) is 27.1 Å². The first kappa shape index (κ1) is 15.2. The first-order valence-corrected chi connectivity index (χ1v) is 6.77. The molecular weight excluding hydrogens is 310 g/mol. The molecule has 0 spiro atoms. The maximum atomic E-state index is 14.5. The Morgan fingerprint density at radius 1 is 1.13 bits per heavy atom. The summed E-state index contributed by atoms with van der Waals surface area (Å²) in [6.07, 6.45) is -1.22. The van der Waals surface area contributed by atoms with Crippen LogP contribution < -0.4 is 10.4 Å². The Morgan fingerprint density at radius 3 is 2.43 bits per heavy atom. The molecule has 0 fully saturated rings. The van der Waals surface area contributed by atoms with E-state index in [1.807, 2.05) is 0 Å². The van der Waals surface area contributed by atoms with E-state index < -0.39 is 40.9 Å². The van der Waals surface area contributed by atoms with Gasteiger partial charge in [-0.05, 0) is 32.4 Å². The van der Waals surface area contributed by atoms with E-state index in [2.05, 4.69) is 0 Å². The Balaban J connectivity index is 2.12. The van der Waals surface area contributed by atoms with Crippen LogP contribution in [0.1, 0.15) is 19.4 Å². The molecule has 0 radical (unpaired) electrons. The molecule has 0 unspecified atom stereocenters. The smallest absolute Gasteiger partial charge is 0.337 e. The second-order valence-electron chi connectivity index (χ2n) is 5.29. The molecule has 5 nitrogen and oxygen atoms in total. The van der Waals surface area contributed by atoms with E-state index in [0.717, 1.165) is 12.1 Å². The second kappa shape index (κ2) is 5.19. The summed E-state index contributed by atoms with van der Waals surface area (Å²) in [6, 6.07) is 2.14. The first-order chi connectivity index (χ1) is 10.8. The van der Waals surface area contributed by atoms with Crippen molar-refractivity contribution in [2.24, 2.45) is 0 Å². The van der Waals surface area contributed by atoms with Crippen LogP contribution in [0.15, 0.2) is 32.5 Å². The quantitative estimate of drug-likeness (QED) is 0.628. The van der Waals surface area contributed by atoms with Gasteiger partial charge in [-0.3, -0.25) is 0 Å². The fourth-order valence-corrected chi connectivity index (χ4v) is 2.30. The molecule has 0 aliphatic carbocycles. The lowest BCUT2D eigenvalue weighted by Gasteiger charge is -2.16. The average molecular weight is 322 g/mol. The van der Waals surface area contributed by atoms with Crippen LogP contribution in [0.3, 0.4) is 0 Å². The molecule has 0 saturated carbocycles. The highest BCUT2D eigenvalue weighted by atomic mass is 19.1. The molecule has 2 heterocycles. The third-order valence-corrected chi connectivity index (χ3v) is 3.78. The molecule has 1 atom stereocenters. The van der Waals surface area contributed by atoms with Crippen molar-refractivity contribution in [3.8, 4) is 5.75 Å². The maximum Gasteiger partial charge on any atom is 0.337 e. The van der Waals surface area contributed by atoms with Gasteiger partial charge in [0.05, 0.1) is 0 Å². The zero-order chi connectivity index (χ0) is 16.9. The number of rotatable bonds is 2. The highest BCUT2D eigenvalue weighted by Crippen LogP contribution is 2.33. The van der Waals surface area contributed by atoms with Crippen LogP contribution in [-0.2, 0) is 9.53 Å². The molecule has 1 aliphatic rings. The fraction of sp³-hybridized carbons (Fsp3) is 0.250. The van der Waals surface area contributed by atoms with Crippen molar-refractivity contribution in [3.63, 3.8) is 0 Å². The largest absolute Gasteiger partial charge is 0.444 e. The predicted octanol–water partition coefficient (Wildman–Crippen LogP) is 2.98. The molecule has 1 aromatic carbocycles. The predicted molar refractivity (Wildman–Crippen MR) is 76.0 cm³/mol. The number of esters is 1. The van der Waals surface area contributed by atoms with Gasteiger partial charge in [0.25, 0.3) is 6.29 Å². The van der Waals surface area contributed by atoms with Gasteiger partial charge in [0.2, 0.25) is 5.82 Å². The second-order valence-corrected chi connectivity index (χ2v) is 5.29. The number of ether oxygens (including phenoxy) is 2. The topological polar surface area (TPSA) is 65.7 Å². The molecular formula is C16H12F2O5. The normalized spacial score (nSPS) is 17.8. The average Bonchev–Trinajstić information content (AvgIpc) is 2.72. The van der Waals surface area contributed by atoms with Gasteiger partial charge in [-0.15, -0.1) is 0 Å². The van der Waals surface area contributed by atoms with Crippen LogP contribution in [-0.4, -0.2) is 12.3 Å². The number of aryl methyl sites for hydroxylation is 1. The molecule has 120 valence electrons. The van der Waals surface area contributed by atoms with Gasteiger partial charge in [-0.1, -0.05) is 0 Å². The summed E-state index contributed by atoms with van der Waals surface area (Å²) in [5.41, 5.74) is -0.0573. The number of fused-ring (bicyclic) bond motifs is 1. The van der Waals surface area contributed by atoms with Crippen molar-refractivity contribution in [1.29, 1.82) is 0 Å². The van der Waals surface area contributed by atoms with E-state index in [9.17, 15) is 18.4 Å². The highest BCUT2D eigenvalue weighted by molar-refractivity contribution is 5.91. The van der Waals surface area contributed by atoms with E-state index in [1.165, 1.54) is 13.8 Å². The third-order valence-electron chi connectivity index (χ3n) is 3.78.